The van der Waals surface area contributed by atoms with Crippen LogP contribution in [0.3, 0.4) is 0 Å². The summed E-state index contributed by atoms with van der Waals surface area (Å²) in [6.45, 7) is 10.1. The van der Waals surface area contributed by atoms with Crippen molar-refractivity contribution in [1.82, 2.24) is 0 Å². The molecule has 0 spiro atoms. The van der Waals surface area contributed by atoms with E-state index in [0.29, 0.717) is 18.1 Å². The maximum atomic E-state index is 11.6. The minimum atomic E-state index is 0.139. The molecule has 0 bridgehead atoms. The normalized spacial score (nSPS) is 19.9. The quantitative estimate of drug-likeness (QED) is 0.277. The van der Waals surface area contributed by atoms with Crippen molar-refractivity contribution in [3.8, 4) is 6.07 Å². The Kier molecular flexibility index (Phi) is 26.4. The number of carbonyl (C=O) groups is 1. The van der Waals surface area contributed by atoms with Crippen molar-refractivity contribution in [2.75, 3.05) is 0 Å². The molecule has 1 unspecified atom stereocenters. The Hall–Kier alpha value is -1.36. The zero-order chi connectivity index (χ0) is 22.9. The Labute approximate surface area is 189 Å². The van der Waals surface area contributed by atoms with Crippen LogP contribution in [0.15, 0.2) is 24.3 Å². The van der Waals surface area contributed by atoms with Crippen molar-refractivity contribution in [3.05, 3.63) is 24.3 Å². The first-order chi connectivity index (χ1) is 14.8. The van der Waals surface area contributed by atoms with Crippen molar-refractivity contribution < 1.29 is 4.79 Å². The summed E-state index contributed by atoms with van der Waals surface area (Å²) >= 11 is 0. The van der Waals surface area contributed by atoms with Gasteiger partial charge in [-0.2, -0.15) is 5.26 Å². The van der Waals surface area contributed by atoms with Gasteiger partial charge in [0.15, 0.2) is 0 Å². The number of hydrogen-bond donors (Lipinski definition) is 0. The third-order valence-corrected chi connectivity index (χ3v) is 5.41. The highest BCUT2D eigenvalue weighted by Crippen LogP contribution is 2.26. The van der Waals surface area contributed by atoms with E-state index >= 15 is 0 Å². The molecule has 1 saturated carbocycles. The van der Waals surface area contributed by atoms with Gasteiger partial charge in [-0.05, 0) is 38.0 Å². The third kappa shape index (κ3) is 19.9. The lowest BCUT2D eigenvalue weighted by Crippen LogP contribution is -2.07. The van der Waals surface area contributed by atoms with E-state index in [-0.39, 0.29) is 5.92 Å². The molecule has 0 aliphatic heterocycles. The van der Waals surface area contributed by atoms with Gasteiger partial charge in [-0.3, -0.25) is 4.79 Å². The molecule has 0 aromatic carbocycles. The zero-order valence-corrected chi connectivity index (χ0v) is 20.9. The zero-order valence-electron chi connectivity index (χ0n) is 20.9. The molecule has 2 aliphatic rings. The van der Waals surface area contributed by atoms with Gasteiger partial charge in [0.05, 0.1) is 12.0 Å². The molecule has 2 nitrogen and oxygen atoms in total. The van der Waals surface area contributed by atoms with Gasteiger partial charge >= 0.3 is 0 Å². The molecule has 2 heteroatoms. The van der Waals surface area contributed by atoms with Gasteiger partial charge in [0.1, 0.15) is 5.78 Å². The molecule has 0 radical (unpaired) electrons. The highest BCUT2D eigenvalue weighted by Gasteiger charge is 2.14. The molecule has 2 aliphatic carbocycles. The summed E-state index contributed by atoms with van der Waals surface area (Å²) < 4.78 is 0. The number of unbranched alkanes of at least 4 members (excludes halogenated alkanes) is 2. The number of allylic oxidation sites excluding steroid dienone is 4. The van der Waals surface area contributed by atoms with Crippen LogP contribution in [0.5, 0.6) is 0 Å². The van der Waals surface area contributed by atoms with Crippen molar-refractivity contribution in [1.29, 1.82) is 5.26 Å². The van der Waals surface area contributed by atoms with Crippen LogP contribution >= 0.6 is 0 Å². The average Bonchev–Trinajstić information content (AvgIpc) is 2.83. The standard InChI is InChI=1S/C18H27NO.C6H12.2C2H6/c1-2-3-5-9-18(20)10-7-4-6-8-16-11-13-17(15-19)14-12-16;1-2-4-6-5-3-1;2*1-2/h3,5,11,13,16-17H,2,4,6-10,12,14H2,1H3;1-6H2;2*1-2H3/b5-3-;;;/t16?,17-;;;/m1.../s1. The fourth-order valence-corrected chi connectivity index (χ4v) is 3.68. The van der Waals surface area contributed by atoms with E-state index in [1.807, 2.05) is 33.8 Å². The first-order valence-electron chi connectivity index (χ1n) is 13.0. The van der Waals surface area contributed by atoms with Crippen LogP contribution in [-0.4, -0.2) is 5.78 Å². The summed E-state index contributed by atoms with van der Waals surface area (Å²) in [5, 5.41) is 8.81. The summed E-state index contributed by atoms with van der Waals surface area (Å²) in [7, 11) is 0. The molecule has 1 fully saturated rings. The highest BCUT2D eigenvalue weighted by molar-refractivity contribution is 5.79. The molecule has 0 amide bonds. The second-order valence-electron chi connectivity index (χ2n) is 7.80. The topological polar surface area (TPSA) is 40.9 Å². The minimum absolute atomic E-state index is 0.139. The van der Waals surface area contributed by atoms with E-state index in [1.54, 1.807) is 0 Å². The van der Waals surface area contributed by atoms with Crippen molar-refractivity contribution in [2.24, 2.45) is 11.8 Å². The second-order valence-corrected chi connectivity index (χ2v) is 7.80. The van der Waals surface area contributed by atoms with E-state index in [4.69, 9.17) is 5.26 Å². The molecular weight excluding hydrogens is 366 g/mol. The van der Waals surface area contributed by atoms with Crippen LogP contribution in [-0.2, 0) is 4.79 Å². The maximum absolute atomic E-state index is 11.6. The number of rotatable bonds is 9. The maximum Gasteiger partial charge on any atom is 0.136 e. The van der Waals surface area contributed by atoms with Crippen molar-refractivity contribution >= 4 is 5.78 Å². The van der Waals surface area contributed by atoms with Crippen LogP contribution in [0.1, 0.15) is 131 Å². The van der Waals surface area contributed by atoms with Crippen LogP contribution in [0, 0.1) is 23.2 Å². The van der Waals surface area contributed by atoms with Crippen LogP contribution in [0.4, 0.5) is 0 Å². The number of hydrogen-bond acceptors (Lipinski definition) is 2. The second kappa shape index (κ2) is 25.7. The molecule has 0 aromatic rings. The number of ketones is 1. The first kappa shape index (κ1) is 30.8. The molecule has 0 aromatic heterocycles. The molecule has 2 atom stereocenters. The smallest absolute Gasteiger partial charge is 0.136 e. The first-order valence-corrected chi connectivity index (χ1v) is 13.0. The Morgan fingerprint density at radius 2 is 1.50 bits per heavy atom. The summed E-state index contributed by atoms with van der Waals surface area (Å²) in [4.78, 5) is 11.6. The fraction of sp³-hybridized carbons (Fsp3) is 0.786. The Morgan fingerprint density at radius 1 is 0.900 bits per heavy atom. The van der Waals surface area contributed by atoms with E-state index in [1.165, 1.54) is 51.4 Å². The minimum Gasteiger partial charge on any atom is -0.299 e. The Bertz CT molecular complexity index is 442. The number of Topliss-reactive ketones (excluding diaryl/α,β-unsaturated/α-hetero) is 1. The number of carbonyl (C=O) groups excluding carboxylic acids is 1. The van der Waals surface area contributed by atoms with Gasteiger partial charge in [0.25, 0.3) is 0 Å². The van der Waals surface area contributed by atoms with E-state index < -0.39 is 0 Å². The lowest BCUT2D eigenvalue weighted by Gasteiger charge is -2.18. The summed E-state index contributed by atoms with van der Waals surface area (Å²) in [6, 6.07) is 2.30. The molecule has 0 heterocycles. The monoisotopic (exact) mass is 417 g/mol. The molecule has 0 saturated heterocycles. The average molecular weight is 418 g/mol. The third-order valence-electron chi connectivity index (χ3n) is 5.41. The Balaban J connectivity index is 0. The summed E-state index contributed by atoms with van der Waals surface area (Å²) in [5.41, 5.74) is 0. The number of nitrogens with zero attached hydrogens (tertiary/aromatic N) is 1. The van der Waals surface area contributed by atoms with Gasteiger partial charge in [-0.25, -0.2) is 0 Å². The van der Waals surface area contributed by atoms with Crippen molar-refractivity contribution in [3.63, 3.8) is 0 Å². The van der Waals surface area contributed by atoms with Gasteiger partial charge in [0, 0.05) is 12.8 Å². The van der Waals surface area contributed by atoms with Gasteiger partial charge in [-0.1, -0.05) is 110 Å². The molecular formula is C28H51NO. The van der Waals surface area contributed by atoms with Crippen LogP contribution in [0.25, 0.3) is 0 Å². The molecule has 0 N–H and O–H groups in total. The predicted octanol–water partition coefficient (Wildman–Crippen LogP) is 9.36. The highest BCUT2D eigenvalue weighted by atomic mass is 16.1. The number of nitriles is 1. The molecule has 174 valence electrons. The van der Waals surface area contributed by atoms with Gasteiger partial charge in [0.2, 0.25) is 0 Å². The lowest BCUT2D eigenvalue weighted by molar-refractivity contribution is -0.118. The summed E-state index contributed by atoms with van der Waals surface area (Å²) in [6.07, 6.45) is 26.4. The summed E-state index contributed by atoms with van der Waals surface area (Å²) in [5.74, 6) is 1.16. The van der Waals surface area contributed by atoms with E-state index in [2.05, 4.69) is 31.2 Å². The predicted molar refractivity (Wildman–Crippen MR) is 134 cm³/mol. The SMILES string of the molecule is C1CCCCC1.CC.CC.CC/C=C\CC(=O)CCCCCC1C=C[C@@H](C#N)CC1. The lowest BCUT2D eigenvalue weighted by atomic mass is 9.86. The fourth-order valence-electron chi connectivity index (χ4n) is 3.68. The largest absolute Gasteiger partial charge is 0.299 e. The van der Waals surface area contributed by atoms with Gasteiger partial charge < -0.3 is 0 Å². The Morgan fingerprint density at radius 3 is 1.97 bits per heavy atom. The van der Waals surface area contributed by atoms with E-state index in [0.717, 1.165) is 38.5 Å². The van der Waals surface area contributed by atoms with E-state index in [9.17, 15) is 4.79 Å². The van der Waals surface area contributed by atoms with Crippen molar-refractivity contribution in [2.45, 2.75) is 131 Å². The van der Waals surface area contributed by atoms with Crippen LogP contribution in [0.2, 0.25) is 0 Å². The van der Waals surface area contributed by atoms with Gasteiger partial charge in [-0.15, -0.1) is 0 Å². The molecule has 2 rings (SSSR count). The molecule has 30 heavy (non-hydrogen) atoms. The van der Waals surface area contributed by atoms with Crippen LogP contribution < -0.4 is 0 Å².